The Kier molecular flexibility index (Phi) is 8.05. The number of aliphatic hydroxyl groups is 1. The second kappa shape index (κ2) is 9.80. The summed E-state index contributed by atoms with van der Waals surface area (Å²) >= 11 is 0. The van der Waals surface area contributed by atoms with Gasteiger partial charge in [-0.15, -0.1) is 0 Å². The molecule has 2 rings (SSSR count). The Morgan fingerprint density at radius 3 is 1.92 bits per heavy atom. The first kappa shape index (κ1) is 20.5. The molecule has 0 saturated heterocycles. The molecule has 2 aliphatic rings. The number of nitrogens with one attached hydrogen (secondary N) is 1. The van der Waals surface area contributed by atoms with Crippen molar-refractivity contribution in [3.05, 3.63) is 0 Å². The molecule has 25 heavy (non-hydrogen) atoms. The van der Waals surface area contributed by atoms with Gasteiger partial charge in [0.15, 0.2) is 0 Å². The molecule has 0 bridgehead atoms. The van der Waals surface area contributed by atoms with Crippen molar-refractivity contribution in [2.45, 2.75) is 116 Å². The van der Waals surface area contributed by atoms with E-state index in [-0.39, 0.29) is 6.04 Å². The van der Waals surface area contributed by atoms with Crippen LogP contribution in [0, 0.1) is 11.8 Å². The van der Waals surface area contributed by atoms with Crippen LogP contribution in [-0.4, -0.2) is 28.9 Å². The predicted octanol–water partition coefficient (Wildman–Crippen LogP) is 5.18. The molecule has 0 aromatic rings. The molecule has 0 heterocycles. The molecule has 0 aromatic carbocycles. The molecule has 0 spiro atoms. The maximum Gasteiger partial charge on any atom is 0.407 e. The third-order valence-electron chi connectivity index (χ3n) is 5.78. The van der Waals surface area contributed by atoms with E-state index < -0.39 is 17.8 Å². The van der Waals surface area contributed by atoms with Gasteiger partial charge in [-0.1, -0.05) is 64.2 Å². The number of rotatable bonds is 6. The SMILES string of the molecule is CC(C)(C)OC(=O)N[C@@H](CC1CCCCC1)[C@@H](O)CC1CCCCC1. The van der Waals surface area contributed by atoms with E-state index >= 15 is 0 Å². The van der Waals surface area contributed by atoms with Crippen LogP contribution in [0.1, 0.15) is 97.8 Å². The van der Waals surface area contributed by atoms with Gasteiger partial charge in [-0.25, -0.2) is 4.79 Å². The Hall–Kier alpha value is -0.770. The molecule has 2 atom stereocenters. The van der Waals surface area contributed by atoms with E-state index in [1.807, 2.05) is 20.8 Å². The Balaban J connectivity index is 1.92. The van der Waals surface area contributed by atoms with Crippen molar-refractivity contribution in [2.75, 3.05) is 0 Å². The van der Waals surface area contributed by atoms with Gasteiger partial charge < -0.3 is 15.2 Å². The van der Waals surface area contributed by atoms with E-state index in [0.29, 0.717) is 11.8 Å². The Morgan fingerprint density at radius 2 is 1.44 bits per heavy atom. The summed E-state index contributed by atoms with van der Waals surface area (Å²) in [6.45, 7) is 5.63. The smallest absolute Gasteiger partial charge is 0.407 e. The summed E-state index contributed by atoms with van der Waals surface area (Å²) in [7, 11) is 0. The average molecular weight is 354 g/mol. The lowest BCUT2D eigenvalue weighted by molar-refractivity contribution is 0.0341. The minimum absolute atomic E-state index is 0.181. The first-order valence-corrected chi connectivity index (χ1v) is 10.5. The molecule has 0 unspecified atom stereocenters. The highest BCUT2D eigenvalue weighted by molar-refractivity contribution is 5.68. The van der Waals surface area contributed by atoms with Crippen LogP contribution in [0.5, 0.6) is 0 Å². The highest BCUT2D eigenvalue weighted by atomic mass is 16.6. The lowest BCUT2D eigenvalue weighted by atomic mass is 9.80. The molecule has 0 aliphatic heterocycles. The van der Waals surface area contributed by atoms with Gasteiger partial charge in [0.25, 0.3) is 0 Å². The van der Waals surface area contributed by atoms with Crippen molar-refractivity contribution < 1.29 is 14.6 Å². The molecule has 4 heteroatoms. The molecular weight excluding hydrogens is 314 g/mol. The molecule has 0 radical (unpaired) electrons. The van der Waals surface area contributed by atoms with Gasteiger partial charge in [0.05, 0.1) is 12.1 Å². The summed E-state index contributed by atoms with van der Waals surface area (Å²) in [4.78, 5) is 12.3. The fourth-order valence-corrected chi connectivity index (χ4v) is 4.48. The highest BCUT2D eigenvalue weighted by Gasteiger charge is 2.30. The van der Waals surface area contributed by atoms with Crippen molar-refractivity contribution in [2.24, 2.45) is 11.8 Å². The number of carbonyl (C=O) groups excluding carboxylic acids is 1. The minimum Gasteiger partial charge on any atom is -0.444 e. The van der Waals surface area contributed by atoms with Crippen LogP contribution in [0.4, 0.5) is 4.79 Å². The number of hydrogen-bond acceptors (Lipinski definition) is 3. The van der Waals surface area contributed by atoms with E-state index in [2.05, 4.69) is 5.32 Å². The van der Waals surface area contributed by atoms with Crippen LogP contribution in [0.25, 0.3) is 0 Å². The van der Waals surface area contributed by atoms with Crippen molar-refractivity contribution >= 4 is 6.09 Å². The van der Waals surface area contributed by atoms with Crippen molar-refractivity contribution in [3.8, 4) is 0 Å². The second-order valence-corrected chi connectivity index (χ2v) is 9.30. The number of ether oxygens (including phenoxy) is 1. The van der Waals surface area contributed by atoms with Gasteiger partial charge in [0.1, 0.15) is 5.60 Å². The van der Waals surface area contributed by atoms with E-state index in [0.717, 1.165) is 12.8 Å². The minimum atomic E-state index is -0.506. The fraction of sp³-hybridized carbons (Fsp3) is 0.952. The number of amides is 1. The van der Waals surface area contributed by atoms with Gasteiger partial charge >= 0.3 is 6.09 Å². The van der Waals surface area contributed by atoms with Crippen LogP contribution in [0.15, 0.2) is 0 Å². The number of aliphatic hydroxyl groups excluding tert-OH is 1. The van der Waals surface area contributed by atoms with Crippen molar-refractivity contribution in [1.29, 1.82) is 0 Å². The molecule has 2 fully saturated rings. The van der Waals surface area contributed by atoms with Gasteiger partial charge in [-0.05, 0) is 45.4 Å². The van der Waals surface area contributed by atoms with Gasteiger partial charge in [-0.3, -0.25) is 0 Å². The van der Waals surface area contributed by atoms with E-state index in [1.54, 1.807) is 0 Å². The molecule has 2 N–H and O–H groups in total. The Morgan fingerprint density at radius 1 is 0.960 bits per heavy atom. The zero-order chi connectivity index (χ0) is 18.3. The standard InChI is InChI=1S/C21H39NO3/c1-21(2,3)25-20(24)22-18(14-16-10-6-4-7-11-16)19(23)15-17-12-8-5-9-13-17/h16-19,23H,4-15H2,1-3H3,(H,22,24)/t18-,19-/m0/s1. The lowest BCUT2D eigenvalue weighted by Crippen LogP contribution is -2.47. The summed E-state index contributed by atoms with van der Waals surface area (Å²) in [5.74, 6) is 1.23. The number of hydrogen-bond donors (Lipinski definition) is 2. The summed E-state index contributed by atoms with van der Waals surface area (Å²) in [5.41, 5.74) is -0.506. The van der Waals surface area contributed by atoms with E-state index in [4.69, 9.17) is 4.74 Å². The van der Waals surface area contributed by atoms with Crippen LogP contribution in [0.2, 0.25) is 0 Å². The quantitative estimate of drug-likeness (QED) is 0.691. The lowest BCUT2D eigenvalue weighted by Gasteiger charge is -2.33. The summed E-state index contributed by atoms with van der Waals surface area (Å²) in [6, 6.07) is -0.181. The normalized spacial score (nSPS) is 23.0. The zero-order valence-electron chi connectivity index (χ0n) is 16.6. The first-order valence-electron chi connectivity index (χ1n) is 10.5. The average Bonchev–Trinajstić information content (AvgIpc) is 2.54. The van der Waals surface area contributed by atoms with Crippen LogP contribution in [0.3, 0.4) is 0 Å². The number of alkyl carbamates (subject to hydrolysis) is 1. The van der Waals surface area contributed by atoms with Gasteiger partial charge in [0.2, 0.25) is 0 Å². The van der Waals surface area contributed by atoms with Crippen LogP contribution in [-0.2, 0) is 4.74 Å². The Bertz CT molecular complexity index is 392. The molecule has 0 aromatic heterocycles. The molecule has 1 amide bonds. The van der Waals surface area contributed by atoms with E-state index in [1.165, 1.54) is 64.2 Å². The van der Waals surface area contributed by atoms with Gasteiger partial charge in [-0.2, -0.15) is 0 Å². The predicted molar refractivity (Wildman–Crippen MR) is 102 cm³/mol. The molecule has 146 valence electrons. The van der Waals surface area contributed by atoms with Crippen LogP contribution < -0.4 is 5.32 Å². The third-order valence-corrected chi connectivity index (χ3v) is 5.78. The molecule has 2 aliphatic carbocycles. The molecule has 4 nitrogen and oxygen atoms in total. The first-order chi connectivity index (χ1) is 11.8. The monoisotopic (exact) mass is 353 g/mol. The Labute approximate surface area is 154 Å². The zero-order valence-corrected chi connectivity index (χ0v) is 16.6. The van der Waals surface area contributed by atoms with Crippen molar-refractivity contribution in [1.82, 2.24) is 5.32 Å². The summed E-state index contributed by atoms with van der Waals surface area (Å²) in [5, 5.41) is 13.9. The van der Waals surface area contributed by atoms with E-state index in [9.17, 15) is 9.90 Å². The maximum absolute atomic E-state index is 12.3. The largest absolute Gasteiger partial charge is 0.444 e. The maximum atomic E-state index is 12.3. The molecular formula is C21H39NO3. The third kappa shape index (κ3) is 7.98. The van der Waals surface area contributed by atoms with Crippen molar-refractivity contribution in [3.63, 3.8) is 0 Å². The second-order valence-electron chi connectivity index (χ2n) is 9.30. The number of carbonyl (C=O) groups is 1. The highest BCUT2D eigenvalue weighted by Crippen LogP contribution is 2.31. The fourth-order valence-electron chi connectivity index (χ4n) is 4.48. The molecule has 2 saturated carbocycles. The van der Waals surface area contributed by atoms with Crippen LogP contribution >= 0.6 is 0 Å². The van der Waals surface area contributed by atoms with Gasteiger partial charge in [0, 0.05) is 0 Å². The summed E-state index contributed by atoms with van der Waals surface area (Å²) < 4.78 is 5.44. The summed E-state index contributed by atoms with van der Waals surface area (Å²) in [6.07, 6.45) is 13.5. The topological polar surface area (TPSA) is 58.6 Å².